The SMILES string of the molecule is Cc1cc(NC2CCC(C)(C)C2)cnc1Cl. The Bertz CT molecular complexity index is 388. The fourth-order valence-corrected chi connectivity index (χ4v) is 2.54. The van der Waals surface area contributed by atoms with Gasteiger partial charge in [0.1, 0.15) is 5.15 Å². The molecule has 0 radical (unpaired) electrons. The molecule has 1 aromatic rings. The van der Waals surface area contributed by atoms with Gasteiger partial charge in [-0.05, 0) is 43.2 Å². The van der Waals surface area contributed by atoms with Gasteiger partial charge in [-0.3, -0.25) is 0 Å². The van der Waals surface area contributed by atoms with Gasteiger partial charge in [-0.25, -0.2) is 4.98 Å². The topological polar surface area (TPSA) is 24.9 Å². The van der Waals surface area contributed by atoms with Crippen LogP contribution in [0.1, 0.15) is 38.7 Å². The summed E-state index contributed by atoms with van der Waals surface area (Å²) in [5, 5.41) is 4.14. The zero-order chi connectivity index (χ0) is 11.8. The minimum atomic E-state index is 0.479. The van der Waals surface area contributed by atoms with Gasteiger partial charge in [-0.1, -0.05) is 25.4 Å². The largest absolute Gasteiger partial charge is 0.381 e. The quantitative estimate of drug-likeness (QED) is 0.787. The summed E-state index contributed by atoms with van der Waals surface area (Å²) in [4.78, 5) is 4.16. The Labute approximate surface area is 102 Å². The first-order valence-corrected chi connectivity index (χ1v) is 6.23. The monoisotopic (exact) mass is 238 g/mol. The molecule has 1 aliphatic carbocycles. The predicted octanol–water partition coefficient (Wildman–Crippen LogP) is 4.03. The van der Waals surface area contributed by atoms with Crippen molar-refractivity contribution in [3.05, 3.63) is 23.0 Å². The molecule has 1 fully saturated rings. The summed E-state index contributed by atoms with van der Waals surface area (Å²) < 4.78 is 0. The van der Waals surface area contributed by atoms with Gasteiger partial charge in [-0.2, -0.15) is 0 Å². The Morgan fingerprint density at radius 2 is 2.25 bits per heavy atom. The van der Waals surface area contributed by atoms with Crippen molar-refractivity contribution in [2.24, 2.45) is 5.41 Å². The average molecular weight is 239 g/mol. The Kier molecular flexibility index (Phi) is 3.11. The highest BCUT2D eigenvalue weighted by atomic mass is 35.5. The zero-order valence-electron chi connectivity index (χ0n) is 10.2. The number of aryl methyl sites for hydroxylation is 1. The van der Waals surface area contributed by atoms with Gasteiger partial charge in [0.25, 0.3) is 0 Å². The lowest BCUT2D eigenvalue weighted by molar-refractivity contribution is 0.378. The van der Waals surface area contributed by atoms with E-state index in [4.69, 9.17) is 11.6 Å². The highest BCUT2D eigenvalue weighted by Gasteiger charge is 2.30. The highest BCUT2D eigenvalue weighted by molar-refractivity contribution is 6.30. The fraction of sp³-hybridized carbons (Fsp3) is 0.615. The Balaban J connectivity index is 2.02. The standard InChI is InChI=1S/C13H19ClN2/c1-9-6-11(8-15-12(9)14)16-10-4-5-13(2,3)7-10/h6,8,10,16H,4-5,7H2,1-3H3. The molecule has 1 unspecified atom stereocenters. The summed E-state index contributed by atoms with van der Waals surface area (Å²) >= 11 is 5.90. The number of nitrogens with zero attached hydrogens (tertiary/aromatic N) is 1. The van der Waals surface area contributed by atoms with E-state index in [1.807, 2.05) is 13.1 Å². The molecule has 1 N–H and O–H groups in total. The molecule has 3 heteroatoms. The van der Waals surface area contributed by atoms with Crippen LogP contribution in [0.3, 0.4) is 0 Å². The van der Waals surface area contributed by atoms with Crippen LogP contribution in [0, 0.1) is 12.3 Å². The van der Waals surface area contributed by atoms with Crippen LogP contribution in [-0.2, 0) is 0 Å². The summed E-state index contributed by atoms with van der Waals surface area (Å²) in [6, 6.07) is 2.65. The number of nitrogens with one attached hydrogen (secondary N) is 1. The molecule has 1 aliphatic rings. The fourth-order valence-electron chi connectivity index (χ4n) is 2.43. The molecule has 2 rings (SSSR count). The van der Waals surface area contributed by atoms with Crippen molar-refractivity contribution < 1.29 is 0 Å². The van der Waals surface area contributed by atoms with Crippen LogP contribution in [0.5, 0.6) is 0 Å². The van der Waals surface area contributed by atoms with Crippen LogP contribution in [-0.4, -0.2) is 11.0 Å². The van der Waals surface area contributed by atoms with E-state index in [0.717, 1.165) is 11.3 Å². The minimum Gasteiger partial charge on any atom is -0.381 e. The normalized spacial score (nSPS) is 23.4. The van der Waals surface area contributed by atoms with E-state index in [1.54, 1.807) is 0 Å². The molecule has 1 saturated carbocycles. The lowest BCUT2D eigenvalue weighted by atomic mass is 9.92. The van der Waals surface area contributed by atoms with Gasteiger partial charge in [-0.15, -0.1) is 0 Å². The average Bonchev–Trinajstić information content (AvgIpc) is 2.52. The summed E-state index contributed by atoms with van der Waals surface area (Å²) in [6.45, 7) is 6.65. The second-order valence-corrected chi connectivity index (χ2v) is 5.94. The molecule has 2 nitrogen and oxygen atoms in total. The molecule has 0 aromatic carbocycles. The van der Waals surface area contributed by atoms with Gasteiger partial charge < -0.3 is 5.32 Å². The number of anilines is 1. The van der Waals surface area contributed by atoms with Crippen LogP contribution in [0.2, 0.25) is 5.15 Å². The molecule has 0 amide bonds. The molecular weight excluding hydrogens is 220 g/mol. The Hall–Kier alpha value is -0.760. The number of rotatable bonds is 2. The number of aromatic nitrogens is 1. The zero-order valence-corrected chi connectivity index (χ0v) is 10.9. The van der Waals surface area contributed by atoms with Gasteiger partial charge in [0.2, 0.25) is 0 Å². The molecule has 0 saturated heterocycles. The van der Waals surface area contributed by atoms with Gasteiger partial charge in [0, 0.05) is 6.04 Å². The molecule has 1 heterocycles. The second-order valence-electron chi connectivity index (χ2n) is 5.58. The summed E-state index contributed by atoms with van der Waals surface area (Å²) in [7, 11) is 0. The van der Waals surface area contributed by atoms with E-state index in [2.05, 4.69) is 30.2 Å². The maximum atomic E-state index is 5.90. The van der Waals surface area contributed by atoms with Crippen molar-refractivity contribution in [1.29, 1.82) is 0 Å². The minimum absolute atomic E-state index is 0.479. The molecule has 1 aromatic heterocycles. The number of hydrogen-bond acceptors (Lipinski definition) is 2. The van der Waals surface area contributed by atoms with Crippen LogP contribution in [0.4, 0.5) is 5.69 Å². The number of pyridine rings is 1. The summed E-state index contributed by atoms with van der Waals surface area (Å²) in [5.41, 5.74) is 2.60. The first-order valence-electron chi connectivity index (χ1n) is 5.85. The summed E-state index contributed by atoms with van der Waals surface area (Å²) in [5.74, 6) is 0. The van der Waals surface area contributed by atoms with Gasteiger partial charge >= 0.3 is 0 Å². The van der Waals surface area contributed by atoms with E-state index in [-0.39, 0.29) is 0 Å². The molecule has 0 bridgehead atoms. The van der Waals surface area contributed by atoms with Crippen molar-refractivity contribution in [3.8, 4) is 0 Å². The van der Waals surface area contributed by atoms with Gasteiger partial charge in [0.15, 0.2) is 0 Å². The predicted molar refractivity (Wildman–Crippen MR) is 69.0 cm³/mol. The van der Waals surface area contributed by atoms with Crippen molar-refractivity contribution >= 4 is 17.3 Å². The summed E-state index contributed by atoms with van der Waals surface area (Å²) in [6.07, 6.45) is 5.59. The van der Waals surface area contributed by atoms with Crippen molar-refractivity contribution in [2.75, 3.05) is 5.32 Å². The molecule has 16 heavy (non-hydrogen) atoms. The van der Waals surface area contributed by atoms with E-state index < -0.39 is 0 Å². The van der Waals surface area contributed by atoms with E-state index >= 15 is 0 Å². The first-order chi connectivity index (χ1) is 7.46. The number of halogens is 1. The van der Waals surface area contributed by atoms with Crippen molar-refractivity contribution in [3.63, 3.8) is 0 Å². The Morgan fingerprint density at radius 1 is 1.50 bits per heavy atom. The molecular formula is C13H19ClN2. The van der Waals surface area contributed by atoms with Crippen LogP contribution >= 0.6 is 11.6 Å². The number of hydrogen-bond donors (Lipinski definition) is 1. The third kappa shape index (κ3) is 2.67. The third-order valence-corrected chi connectivity index (χ3v) is 3.75. The lowest BCUT2D eigenvalue weighted by Gasteiger charge is -2.18. The molecule has 1 atom stereocenters. The molecule has 0 aliphatic heterocycles. The van der Waals surface area contributed by atoms with Crippen LogP contribution in [0.15, 0.2) is 12.3 Å². The highest BCUT2D eigenvalue weighted by Crippen LogP contribution is 2.38. The van der Waals surface area contributed by atoms with Crippen molar-refractivity contribution in [2.45, 2.75) is 46.1 Å². The third-order valence-electron chi connectivity index (χ3n) is 3.35. The molecule has 0 spiro atoms. The van der Waals surface area contributed by atoms with Crippen molar-refractivity contribution in [1.82, 2.24) is 4.98 Å². The van der Waals surface area contributed by atoms with E-state index in [0.29, 0.717) is 16.6 Å². The van der Waals surface area contributed by atoms with Crippen LogP contribution in [0.25, 0.3) is 0 Å². The Morgan fingerprint density at radius 3 is 2.81 bits per heavy atom. The maximum absolute atomic E-state index is 5.90. The smallest absolute Gasteiger partial charge is 0.132 e. The van der Waals surface area contributed by atoms with E-state index in [9.17, 15) is 0 Å². The van der Waals surface area contributed by atoms with Gasteiger partial charge in [0.05, 0.1) is 11.9 Å². The van der Waals surface area contributed by atoms with E-state index in [1.165, 1.54) is 19.3 Å². The maximum Gasteiger partial charge on any atom is 0.132 e. The first kappa shape index (κ1) is 11.7. The lowest BCUT2D eigenvalue weighted by Crippen LogP contribution is -2.17. The second kappa shape index (κ2) is 4.25. The van der Waals surface area contributed by atoms with Crippen LogP contribution < -0.4 is 5.32 Å². The molecule has 88 valence electrons.